The molecule has 0 saturated carbocycles. The molecule has 2 atom stereocenters. The summed E-state index contributed by atoms with van der Waals surface area (Å²) >= 11 is 0. The summed E-state index contributed by atoms with van der Waals surface area (Å²) in [5.41, 5.74) is 6.52. The van der Waals surface area contributed by atoms with Crippen molar-refractivity contribution in [2.24, 2.45) is 5.73 Å². The van der Waals surface area contributed by atoms with E-state index in [1.165, 1.54) is 0 Å². The van der Waals surface area contributed by atoms with E-state index in [1.54, 1.807) is 0 Å². The fourth-order valence-corrected chi connectivity index (χ4v) is 3.26. The van der Waals surface area contributed by atoms with Crippen LogP contribution >= 0.6 is 0 Å². The molecule has 0 aliphatic carbocycles. The first kappa shape index (κ1) is 17.6. The van der Waals surface area contributed by atoms with Crippen LogP contribution in [0, 0.1) is 0 Å². The Hall–Kier alpha value is -2.25. The number of aryl methyl sites for hydroxylation is 1. The minimum atomic E-state index is -0.469. The lowest BCUT2D eigenvalue weighted by atomic mass is 10.0. The minimum Gasteiger partial charge on any atom is -0.368 e. The number of aromatic nitrogens is 2. The maximum Gasteiger partial charge on any atom is 0.239 e. The maximum atomic E-state index is 11.9. The Labute approximate surface area is 147 Å². The number of hydrogen-bond donors (Lipinski definition) is 2. The molecule has 0 spiro atoms. The van der Waals surface area contributed by atoms with E-state index in [-0.39, 0.29) is 11.9 Å². The Kier molecular flexibility index (Phi) is 5.78. The Morgan fingerprint density at radius 2 is 2.24 bits per heavy atom. The molecule has 2 aromatic rings. The van der Waals surface area contributed by atoms with Gasteiger partial charge in [0.1, 0.15) is 6.04 Å². The first-order valence-corrected chi connectivity index (χ1v) is 8.80. The van der Waals surface area contributed by atoms with Crippen LogP contribution in [0.2, 0.25) is 0 Å². The maximum absolute atomic E-state index is 11.9. The number of rotatable bonds is 7. The summed E-state index contributed by atoms with van der Waals surface area (Å²) in [5, 5.41) is 7.44. The van der Waals surface area contributed by atoms with Crippen molar-refractivity contribution in [3.05, 3.63) is 47.6 Å². The van der Waals surface area contributed by atoms with E-state index >= 15 is 0 Å². The molecule has 134 valence electrons. The smallest absolute Gasteiger partial charge is 0.239 e. The summed E-state index contributed by atoms with van der Waals surface area (Å²) in [6, 6.07) is 9.35. The average molecular weight is 343 g/mol. The summed E-state index contributed by atoms with van der Waals surface area (Å²) in [5.74, 6) is 1.03. The van der Waals surface area contributed by atoms with Gasteiger partial charge in [-0.15, -0.1) is 0 Å². The number of piperidine rings is 1. The third kappa shape index (κ3) is 4.64. The fraction of sp³-hybridized carbons (Fsp3) is 0.500. The Bertz CT molecular complexity index is 688. The Balaban J connectivity index is 1.61. The molecule has 3 N–H and O–H groups in total. The lowest BCUT2D eigenvalue weighted by Gasteiger charge is -2.34. The highest BCUT2D eigenvalue weighted by Gasteiger charge is 2.26. The van der Waals surface area contributed by atoms with Gasteiger partial charge >= 0.3 is 0 Å². The van der Waals surface area contributed by atoms with Gasteiger partial charge in [0.2, 0.25) is 11.8 Å². The molecule has 3 rings (SSSR count). The predicted molar refractivity (Wildman–Crippen MR) is 93.5 cm³/mol. The highest BCUT2D eigenvalue weighted by molar-refractivity contribution is 5.81. The van der Waals surface area contributed by atoms with Gasteiger partial charge in [0.15, 0.2) is 5.82 Å². The third-order valence-electron chi connectivity index (χ3n) is 4.50. The van der Waals surface area contributed by atoms with Gasteiger partial charge in [0.05, 0.1) is 6.54 Å². The molecular weight excluding hydrogens is 318 g/mol. The molecule has 7 heteroatoms. The molecule has 1 amide bonds. The Morgan fingerprint density at radius 1 is 1.44 bits per heavy atom. The summed E-state index contributed by atoms with van der Waals surface area (Å²) in [6.45, 7) is 4.47. The average Bonchev–Trinajstić information content (AvgIpc) is 3.08. The standard InChI is InChI=1S/C18H25N5O2/c1-2-16-21-15(22-25-16)12-23-10-6-9-14(11-23)20-17(18(19)24)13-7-4-3-5-8-13/h3-5,7-8,14,17,20H,2,6,9-12H2,1H3,(H2,19,24)/t14-,17+/m0/s1. The SMILES string of the molecule is CCc1nc(CN2CCC[C@H](N[C@@H](C(N)=O)c3ccccc3)C2)no1. The highest BCUT2D eigenvalue weighted by Crippen LogP contribution is 2.18. The van der Waals surface area contributed by atoms with Crippen LogP contribution < -0.4 is 11.1 Å². The van der Waals surface area contributed by atoms with E-state index in [0.29, 0.717) is 18.3 Å². The van der Waals surface area contributed by atoms with Gasteiger partial charge < -0.3 is 10.3 Å². The quantitative estimate of drug-likeness (QED) is 0.789. The molecule has 1 aliphatic heterocycles. The van der Waals surface area contributed by atoms with Gasteiger partial charge in [-0.3, -0.25) is 15.0 Å². The highest BCUT2D eigenvalue weighted by atomic mass is 16.5. The van der Waals surface area contributed by atoms with Crippen molar-refractivity contribution in [3.8, 4) is 0 Å². The van der Waals surface area contributed by atoms with E-state index < -0.39 is 6.04 Å². The monoisotopic (exact) mass is 343 g/mol. The summed E-state index contributed by atoms with van der Waals surface area (Å²) in [7, 11) is 0. The Morgan fingerprint density at radius 3 is 2.92 bits per heavy atom. The summed E-state index contributed by atoms with van der Waals surface area (Å²) in [4.78, 5) is 18.6. The van der Waals surface area contributed by atoms with Gasteiger partial charge in [-0.05, 0) is 24.9 Å². The van der Waals surface area contributed by atoms with E-state index in [0.717, 1.165) is 37.9 Å². The minimum absolute atomic E-state index is 0.198. The summed E-state index contributed by atoms with van der Waals surface area (Å²) in [6.07, 6.45) is 2.81. The molecule has 2 heterocycles. The van der Waals surface area contributed by atoms with Crippen LogP contribution in [0.15, 0.2) is 34.9 Å². The second-order valence-electron chi connectivity index (χ2n) is 6.44. The predicted octanol–water partition coefficient (Wildman–Crippen LogP) is 1.41. The van der Waals surface area contributed by atoms with E-state index in [1.807, 2.05) is 37.3 Å². The topological polar surface area (TPSA) is 97.3 Å². The largest absolute Gasteiger partial charge is 0.368 e. The normalized spacial score (nSPS) is 19.6. The number of benzene rings is 1. The zero-order valence-corrected chi connectivity index (χ0v) is 14.5. The van der Waals surface area contributed by atoms with Gasteiger partial charge in [0.25, 0.3) is 0 Å². The van der Waals surface area contributed by atoms with Crippen LogP contribution in [0.4, 0.5) is 0 Å². The zero-order chi connectivity index (χ0) is 17.6. The van der Waals surface area contributed by atoms with Crippen LogP contribution in [0.1, 0.15) is 43.1 Å². The molecular formula is C18H25N5O2. The molecule has 1 saturated heterocycles. The number of nitrogens with zero attached hydrogens (tertiary/aromatic N) is 3. The number of amides is 1. The molecule has 0 radical (unpaired) electrons. The van der Waals surface area contributed by atoms with Gasteiger partial charge in [-0.25, -0.2) is 0 Å². The van der Waals surface area contributed by atoms with Gasteiger partial charge in [-0.1, -0.05) is 42.4 Å². The summed E-state index contributed by atoms with van der Waals surface area (Å²) < 4.78 is 5.17. The zero-order valence-electron chi connectivity index (χ0n) is 14.5. The number of carbonyl (C=O) groups excluding carboxylic acids is 1. The van der Waals surface area contributed by atoms with E-state index in [4.69, 9.17) is 10.3 Å². The molecule has 1 aromatic heterocycles. The van der Waals surface area contributed by atoms with Crippen molar-refractivity contribution in [2.75, 3.05) is 13.1 Å². The molecule has 25 heavy (non-hydrogen) atoms. The van der Waals surface area contributed by atoms with Crippen molar-refractivity contribution in [1.29, 1.82) is 0 Å². The van der Waals surface area contributed by atoms with E-state index in [2.05, 4.69) is 20.4 Å². The second-order valence-corrected chi connectivity index (χ2v) is 6.44. The van der Waals surface area contributed by atoms with Crippen molar-refractivity contribution < 1.29 is 9.32 Å². The van der Waals surface area contributed by atoms with Crippen LogP contribution in [-0.2, 0) is 17.8 Å². The first-order valence-electron chi connectivity index (χ1n) is 8.80. The number of nitrogens with two attached hydrogens (primary N) is 1. The van der Waals surface area contributed by atoms with E-state index in [9.17, 15) is 4.79 Å². The third-order valence-corrected chi connectivity index (χ3v) is 4.50. The molecule has 0 unspecified atom stereocenters. The number of hydrogen-bond acceptors (Lipinski definition) is 6. The lowest BCUT2D eigenvalue weighted by Crippen LogP contribution is -2.49. The van der Waals surface area contributed by atoms with Gasteiger partial charge in [0, 0.05) is 19.0 Å². The van der Waals surface area contributed by atoms with Crippen molar-refractivity contribution in [1.82, 2.24) is 20.4 Å². The number of likely N-dealkylation sites (tertiary alicyclic amines) is 1. The van der Waals surface area contributed by atoms with Gasteiger partial charge in [-0.2, -0.15) is 4.98 Å². The number of carbonyl (C=O) groups is 1. The van der Waals surface area contributed by atoms with Crippen molar-refractivity contribution in [2.45, 2.75) is 44.8 Å². The first-order chi connectivity index (χ1) is 12.2. The number of primary amides is 1. The van der Waals surface area contributed by atoms with Crippen LogP contribution in [-0.4, -0.2) is 40.1 Å². The van der Waals surface area contributed by atoms with Crippen LogP contribution in [0.5, 0.6) is 0 Å². The number of nitrogens with one attached hydrogen (secondary N) is 1. The lowest BCUT2D eigenvalue weighted by molar-refractivity contribution is -0.120. The van der Waals surface area contributed by atoms with Crippen molar-refractivity contribution >= 4 is 5.91 Å². The molecule has 1 aromatic carbocycles. The molecule has 1 aliphatic rings. The van der Waals surface area contributed by atoms with Crippen molar-refractivity contribution in [3.63, 3.8) is 0 Å². The molecule has 7 nitrogen and oxygen atoms in total. The second kappa shape index (κ2) is 8.22. The van der Waals surface area contributed by atoms with Crippen LogP contribution in [0.25, 0.3) is 0 Å². The fourth-order valence-electron chi connectivity index (χ4n) is 3.26. The molecule has 1 fully saturated rings. The molecule has 0 bridgehead atoms. The van der Waals surface area contributed by atoms with Crippen LogP contribution in [0.3, 0.4) is 0 Å².